The highest BCUT2D eigenvalue weighted by Crippen LogP contribution is 2.19. The number of nitrogens with zero attached hydrogens (tertiary/aromatic N) is 4. The number of piperazine rings is 1. The SMILES string of the molecule is Fc1ccc(CCNc2nccc(N3CCN(c4ccccc4)CC3)n2)cc1. The fraction of sp³-hybridized carbons (Fsp3) is 0.273. The second-order valence-corrected chi connectivity index (χ2v) is 6.85. The normalized spacial score (nSPS) is 14.2. The predicted molar refractivity (Wildman–Crippen MR) is 111 cm³/mol. The molecule has 1 aliphatic rings. The van der Waals surface area contributed by atoms with Gasteiger partial charge in [0.05, 0.1) is 0 Å². The number of hydrogen-bond donors (Lipinski definition) is 1. The van der Waals surface area contributed by atoms with Gasteiger partial charge in [0.25, 0.3) is 0 Å². The van der Waals surface area contributed by atoms with Crippen molar-refractivity contribution < 1.29 is 4.39 Å². The van der Waals surface area contributed by atoms with Crippen LogP contribution in [0.3, 0.4) is 0 Å². The zero-order valence-corrected chi connectivity index (χ0v) is 15.8. The van der Waals surface area contributed by atoms with Crippen molar-refractivity contribution in [2.45, 2.75) is 6.42 Å². The average molecular weight is 377 g/mol. The van der Waals surface area contributed by atoms with Gasteiger partial charge >= 0.3 is 0 Å². The van der Waals surface area contributed by atoms with Crippen LogP contribution in [0.4, 0.5) is 21.8 Å². The van der Waals surface area contributed by atoms with Crippen LogP contribution in [0.5, 0.6) is 0 Å². The van der Waals surface area contributed by atoms with Crippen LogP contribution < -0.4 is 15.1 Å². The Hall–Kier alpha value is -3.15. The fourth-order valence-corrected chi connectivity index (χ4v) is 3.41. The summed E-state index contributed by atoms with van der Waals surface area (Å²) in [6.45, 7) is 4.52. The summed E-state index contributed by atoms with van der Waals surface area (Å²) in [5.41, 5.74) is 2.36. The zero-order chi connectivity index (χ0) is 19.2. The average Bonchev–Trinajstić information content (AvgIpc) is 2.76. The highest BCUT2D eigenvalue weighted by Gasteiger charge is 2.18. The van der Waals surface area contributed by atoms with Crippen molar-refractivity contribution in [2.75, 3.05) is 47.8 Å². The highest BCUT2D eigenvalue weighted by molar-refractivity contribution is 5.50. The number of halogens is 1. The van der Waals surface area contributed by atoms with Crippen LogP contribution in [0, 0.1) is 5.82 Å². The van der Waals surface area contributed by atoms with E-state index in [2.05, 4.69) is 49.4 Å². The standard InChI is InChI=1S/C22H24FN5/c23-19-8-6-18(7-9-19)10-12-24-22-25-13-11-21(26-22)28-16-14-27(15-17-28)20-4-2-1-3-5-20/h1-9,11,13H,10,12,14-17H2,(H,24,25,26). The van der Waals surface area contributed by atoms with Crippen LogP contribution in [0.2, 0.25) is 0 Å². The van der Waals surface area contributed by atoms with E-state index in [0.717, 1.165) is 44.0 Å². The zero-order valence-electron chi connectivity index (χ0n) is 15.8. The third-order valence-electron chi connectivity index (χ3n) is 4.98. The molecule has 144 valence electrons. The first-order valence-corrected chi connectivity index (χ1v) is 9.64. The molecule has 0 aliphatic carbocycles. The van der Waals surface area contributed by atoms with Crippen LogP contribution in [0.25, 0.3) is 0 Å². The second kappa shape index (κ2) is 8.69. The van der Waals surface area contributed by atoms with Gasteiger partial charge in [-0.25, -0.2) is 9.37 Å². The highest BCUT2D eigenvalue weighted by atomic mass is 19.1. The van der Waals surface area contributed by atoms with Crippen molar-refractivity contribution in [3.05, 3.63) is 78.2 Å². The summed E-state index contributed by atoms with van der Waals surface area (Å²) in [7, 11) is 0. The maximum atomic E-state index is 13.0. The Kier molecular flexibility index (Phi) is 5.66. The Labute approximate surface area is 164 Å². The Morgan fingerprint density at radius 1 is 0.857 bits per heavy atom. The van der Waals surface area contributed by atoms with Gasteiger partial charge in [-0.2, -0.15) is 4.98 Å². The predicted octanol–water partition coefficient (Wildman–Crippen LogP) is 3.60. The van der Waals surface area contributed by atoms with Crippen molar-refractivity contribution in [3.63, 3.8) is 0 Å². The van der Waals surface area contributed by atoms with Gasteiger partial charge in [0.15, 0.2) is 0 Å². The van der Waals surface area contributed by atoms with E-state index in [0.29, 0.717) is 12.5 Å². The van der Waals surface area contributed by atoms with E-state index in [1.165, 1.54) is 17.8 Å². The number of nitrogens with one attached hydrogen (secondary N) is 1. The lowest BCUT2D eigenvalue weighted by Gasteiger charge is -2.36. The summed E-state index contributed by atoms with van der Waals surface area (Å²) < 4.78 is 13.0. The molecule has 1 N–H and O–H groups in total. The minimum Gasteiger partial charge on any atom is -0.368 e. The summed E-state index contributed by atoms with van der Waals surface area (Å²) in [5.74, 6) is 1.37. The van der Waals surface area contributed by atoms with Gasteiger partial charge in [-0.15, -0.1) is 0 Å². The number of hydrogen-bond acceptors (Lipinski definition) is 5. The smallest absolute Gasteiger partial charge is 0.224 e. The molecule has 5 nitrogen and oxygen atoms in total. The van der Waals surface area contributed by atoms with Crippen molar-refractivity contribution in [1.82, 2.24) is 9.97 Å². The first-order valence-electron chi connectivity index (χ1n) is 9.64. The molecule has 6 heteroatoms. The Balaban J connectivity index is 1.31. The van der Waals surface area contributed by atoms with E-state index in [4.69, 9.17) is 0 Å². The molecular weight excluding hydrogens is 353 g/mol. The van der Waals surface area contributed by atoms with Gasteiger partial charge in [-0.1, -0.05) is 30.3 Å². The van der Waals surface area contributed by atoms with E-state index in [9.17, 15) is 4.39 Å². The number of aromatic nitrogens is 2. The molecule has 0 unspecified atom stereocenters. The molecule has 0 bridgehead atoms. The molecule has 1 fully saturated rings. The molecule has 0 amide bonds. The van der Waals surface area contributed by atoms with Crippen molar-refractivity contribution in [3.8, 4) is 0 Å². The number of anilines is 3. The van der Waals surface area contributed by atoms with Crippen LogP contribution in [0.1, 0.15) is 5.56 Å². The molecule has 1 aromatic heterocycles. The third kappa shape index (κ3) is 4.57. The molecule has 0 atom stereocenters. The third-order valence-corrected chi connectivity index (χ3v) is 4.98. The molecule has 4 rings (SSSR count). The molecule has 2 aromatic carbocycles. The van der Waals surface area contributed by atoms with Crippen molar-refractivity contribution in [2.24, 2.45) is 0 Å². The van der Waals surface area contributed by atoms with Crippen LogP contribution in [-0.4, -0.2) is 42.7 Å². The number of para-hydroxylation sites is 1. The molecular formula is C22H24FN5. The van der Waals surface area contributed by atoms with Gasteiger partial charge in [-0.3, -0.25) is 0 Å². The van der Waals surface area contributed by atoms with E-state index in [1.807, 2.05) is 12.1 Å². The Morgan fingerprint density at radius 2 is 1.57 bits per heavy atom. The molecule has 0 radical (unpaired) electrons. The van der Waals surface area contributed by atoms with Gasteiger partial charge < -0.3 is 15.1 Å². The summed E-state index contributed by atoms with van der Waals surface area (Å²) >= 11 is 0. The van der Waals surface area contributed by atoms with E-state index in [1.54, 1.807) is 18.3 Å². The first kappa shape index (κ1) is 18.2. The fourth-order valence-electron chi connectivity index (χ4n) is 3.41. The maximum Gasteiger partial charge on any atom is 0.224 e. The van der Waals surface area contributed by atoms with Gasteiger partial charge in [0.2, 0.25) is 5.95 Å². The summed E-state index contributed by atoms with van der Waals surface area (Å²) in [6, 6.07) is 19.1. The molecule has 0 saturated carbocycles. The lowest BCUT2D eigenvalue weighted by atomic mass is 10.1. The number of rotatable bonds is 6. The first-order chi connectivity index (χ1) is 13.8. The largest absolute Gasteiger partial charge is 0.368 e. The van der Waals surface area contributed by atoms with Gasteiger partial charge in [0.1, 0.15) is 11.6 Å². The van der Waals surface area contributed by atoms with Gasteiger partial charge in [-0.05, 0) is 42.3 Å². The monoisotopic (exact) mass is 377 g/mol. The summed E-state index contributed by atoms with van der Waals surface area (Å²) in [6.07, 6.45) is 2.59. The molecule has 3 aromatic rings. The lowest BCUT2D eigenvalue weighted by molar-refractivity contribution is 0.627. The minimum absolute atomic E-state index is 0.208. The van der Waals surface area contributed by atoms with E-state index in [-0.39, 0.29) is 5.82 Å². The Bertz CT molecular complexity index is 877. The molecule has 1 saturated heterocycles. The summed E-state index contributed by atoms with van der Waals surface area (Å²) in [5, 5.41) is 3.27. The quantitative estimate of drug-likeness (QED) is 0.711. The molecule has 2 heterocycles. The second-order valence-electron chi connectivity index (χ2n) is 6.85. The van der Waals surface area contributed by atoms with E-state index < -0.39 is 0 Å². The van der Waals surface area contributed by atoms with Crippen LogP contribution >= 0.6 is 0 Å². The van der Waals surface area contributed by atoms with Crippen LogP contribution in [0.15, 0.2) is 66.9 Å². The molecule has 1 aliphatic heterocycles. The van der Waals surface area contributed by atoms with Crippen molar-refractivity contribution >= 4 is 17.5 Å². The van der Waals surface area contributed by atoms with Crippen LogP contribution in [-0.2, 0) is 6.42 Å². The van der Waals surface area contributed by atoms with Crippen molar-refractivity contribution in [1.29, 1.82) is 0 Å². The Morgan fingerprint density at radius 3 is 2.32 bits per heavy atom. The maximum absolute atomic E-state index is 13.0. The molecule has 0 spiro atoms. The summed E-state index contributed by atoms with van der Waals surface area (Å²) in [4.78, 5) is 13.7. The topological polar surface area (TPSA) is 44.3 Å². The minimum atomic E-state index is -0.208. The molecule has 28 heavy (non-hydrogen) atoms. The number of benzene rings is 2. The van der Waals surface area contributed by atoms with E-state index >= 15 is 0 Å². The van der Waals surface area contributed by atoms with Gasteiger partial charge in [0, 0.05) is 44.6 Å². The lowest BCUT2D eigenvalue weighted by Crippen LogP contribution is -2.46.